The number of benzene rings is 1. The summed E-state index contributed by atoms with van der Waals surface area (Å²) in [6, 6.07) is 4.12. The number of carbonyl (C=O) groups excluding carboxylic acids is 1. The van der Waals surface area contributed by atoms with E-state index in [9.17, 15) is 13.6 Å². The van der Waals surface area contributed by atoms with Gasteiger partial charge in [0, 0.05) is 32.0 Å². The number of hydrogen-bond acceptors (Lipinski definition) is 2. The molecular formula is C13H15F2NO. The molecule has 92 valence electrons. The van der Waals surface area contributed by atoms with Crippen LogP contribution in [0, 0.1) is 11.6 Å². The van der Waals surface area contributed by atoms with E-state index in [0.29, 0.717) is 25.9 Å². The van der Waals surface area contributed by atoms with Gasteiger partial charge in [0.2, 0.25) is 0 Å². The van der Waals surface area contributed by atoms with Crippen molar-refractivity contribution in [3.05, 3.63) is 35.4 Å². The highest BCUT2D eigenvalue weighted by atomic mass is 19.2. The van der Waals surface area contributed by atoms with E-state index in [1.54, 1.807) is 6.07 Å². The number of halogens is 2. The van der Waals surface area contributed by atoms with Crippen molar-refractivity contribution >= 4 is 5.78 Å². The van der Waals surface area contributed by atoms with Crippen molar-refractivity contribution in [3.8, 4) is 0 Å². The first-order chi connectivity index (χ1) is 8.06. The van der Waals surface area contributed by atoms with Crippen LogP contribution in [0.15, 0.2) is 18.2 Å². The molecule has 0 radical (unpaired) electrons. The van der Waals surface area contributed by atoms with Gasteiger partial charge in [-0.05, 0) is 24.6 Å². The van der Waals surface area contributed by atoms with Gasteiger partial charge in [-0.25, -0.2) is 8.78 Å². The summed E-state index contributed by atoms with van der Waals surface area (Å²) in [5.41, 5.74) is 0.741. The molecule has 1 aliphatic rings. The largest absolute Gasteiger partial charge is 0.300 e. The zero-order valence-electron chi connectivity index (χ0n) is 9.75. The van der Waals surface area contributed by atoms with Gasteiger partial charge in [0.25, 0.3) is 0 Å². The van der Waals surface area contributed by atoms with Gasteiger partial charge in [-0.2, -0.15) is 0 Å². The number of likely N-dealkylation sites (tertiary alicyclic amines) is 1. The van der Waals surface area contributed by atoms with Crippen molar-refractivity contribution in [3.63, 3.8) is 0 Å². The number of rotatable bonds is 2. The van der Waals surface area contributed by atoms with Crippen LogP contribution in [0.25, 0.3) is 0 Å². The van der Waals surface area contributed by atoms with Crippen LogP contribution in [0.1, 0.15) is 25.3 Å². The number of nitrogens with zero attached hydrogens (tertiary/aromatic N) is 1. The van der Waals surface area contributed by atoms with Crippen molar-refractivity contribution in [2.24, 2.45) is 0 Å². The van der Waals surface area contributed by atoms with Gasteiger partial charge in [0.1, 0.15) is 5.78 Å². The van der Waals surface area contributed by atoms with Crippen LogP contribution in [0.4, 0.5) is 8.78 Å². The summed E-state index contributed by atoms with van der Waals surface area (Å²) in [6.45, 7) is 3.24. The summed E-state index contributed by atoms with van der Waals surface area (Å²) < 4.78 is 25.8. The van der Waals surface area contributed by atoms with Gasteiger partial charge in [-0.15, -0.1) is 0 Å². The van der Waals surface area contributed by atoms with E-state index >= 15 is 0 Å². The number of hydrogen-bond donors (Lipinski definition) is 0. The van der Waals surface area contributed by atoms with Crippen molar-refractivity contribution in [2.45, 2.75) is 32.4 Å². The van der Waals surface area contributed by atoms with E-state index < -0.39 is 11.6 Å². The molecule has 1 heterocycles. The quantitative estimate of drug-likeness (QED) is 0.790. The van der Waals surface area contributed by atoms with Crippen LogP contribution in [0.2, 0.25) is 0 Å². The maximum atomic E-state index is 13.0. The van der Waals surface area contributed by atoms with E-state index in [-0.39, 0.29) is 11.8 Å². The van der Waals surface area contributed by atoms with Crippen LogP contribution >= 0.6 is 0 Å². The molecule has 0 aromatic heterocycles. The zero-order valence-corrected chi connectivity index (χ0v) is 9.75. The summed E-state index contributed by atoms with van der Waals surface area (Å²) in [6.07, 6.45) is 1.09. The summed E-state index contributed by atoms with van der Waals surface area (Å²) in [7, 11) is 0. The minimum absolute atomic E-state index is 0.171. The molecular weight excluding hydrogens is 224 g/mol. The Morgan fingerprint density at radius 1 is 1.35 bits per heavy atom. The van der Waals surface area contributed by atoms with Gasteiger partial charge >= 0.3 is 0 Å². The summed E-state index contributed by atoms with van der Waals surface area (Å²) in [4.78, 5) is 13.4. The van der Waals surface area contributed by atoms with Crippen LogP contribution in [-0.2, 0) is 11.3 Å². The first-order valence-electron chi connectivity index (χ1n) is 5.76. The standard InChI is InChI=1S/C13H15F2NO/c1-9-6-11(17)4-5-16(9)8-10-2-3-12(14)13(15)7-10/h2-3,7,9H,4-6,8H2,1H3. The highest BCUT2D eigenvalue weighted by Gasteiger charge is 2.23. The summed E-state index contributed by atoms with van der Waals surface area (Å²) >= 11 is 0. The van der Waals surface area contributed by atoms with E-state index in [0.717, 1.165) is 11.6 Å². The SMILES string of the molecule is CC1CC(=O)CCN1Cc1ccc(F)c(F)c1. The number of piperidine rings is 1. The van der Waals surface area contributed by atoms with E-state index in [1.807, 2.05) is 6.92 Å². The second-order valence-electron chi connectivity index (χ2n) is 4.56. The number of carbonyl (C=O) groups is 1. The average Bonchev–Trinajstić information content (AvgIpc) is 2.27. The summed E-state index contributed by atoms with van der Waals surface area (Å²) in [5, 5.41) is 0. The highest BCUT2D eigenvalue weighted by Crippen LogP contribution is 2.18. The lowest BCUT2D eigenvalue weighted by atomic mass is 10.0. The molecule has 1 unspecified atom stereocenters. The smallest absolute Gasteiger partial charge is 0.159 e. The molecule has 2 rings (SSSR count). The summed E-state index contributed by atoms with van der Waals surface area (Å²) in [5.74, 6) is -1.36. The van der Waals surface area contributed by atoms with Gasteiger partial charge in [0.05, 0.1) is 0 Å². The monoisotopic (exact) mass is 239 g/mol. The van der Waals surface area contributed by atoms with Crippen molar-refractivity contribution in [2.75, 3.05) is 6.54 Å². The molecule has 1 atom stereocenters. The highest BCUT2D eigenvalue weighted by molar-refractivity contribution is 5.79. The fraction of sp³-hybridized carbons (Fsp3) is 0.462. The van der Waals surface area contributed by atoms with Crippen molar-refractivity contribution in [1.29, 1.82) is 0 Å². The molecule has 0 amide bonds. The van der Waals surface area contributed by atoms with Crippen LogP contribution in [-0.4, -0.2) is 23.3 Å². The minimum atomic E-state index is -0.823. The molecule has 17 heavy (non-hydrogen) atoms. The lowest BCUT2D eigenvalue weighted by Crippen LogP contribution is -2.40. The van der Waals surface area contributed by atoms with Crippen molar-refractivity contribution < 1.29 is 13.6 Å². The molecule has 0 aliphatic carbocycles. The third kappa shape index (κ3) is 2.88. The van der Waals surface area contributed by atoms with Crippen LogP contribution in [0.3, 0.4) is 0 Å². The molecule has 1 saturated heterocycles. The Labute approximate surface area is 99.2 Å². The molecule has 1 aliphatic heterocycles. The number of ketones is 1. The van der Waals surface area contributed by atoms with Gasteiger partial charge in [0.15, 0.2) is 11.6 Å². The predicted octanol–water partition coefficient (Wildman–Crippen LogP) is 2.52. The average molecular weight is 239 g/mol. The maximum absolute atomic E-state index is 13.0. The third-order valence-corrected chi connectivity index (χ3v) is 3.19. The molecule has 1 aromatic carbocycles. The lowest BCUT2D eigenvalue weighted by molar-refractivity contribution is -0.123. The molecule has 4 heteroatoms. The topological polar surface area (TPSA) is 20.3 Å². The molecule has 0 spiro atoms. The Kier molecular flexibility index (Phi) is 3.52. The second kappa shape index (κ2) is 4.92. The van der Waals surface area contributed by atoms with E-state index in [2.05, 4.69) is 4.90 Å². The van der Waals surface area contributed by atoms with E-state index in [4.69, 9.17) is 0 Å². The molecule has 1 fully saturated rings. The Morgan fingerprint density at radius 2 is 2.12 bits per heavy atom. The Bertz CT molecular complexity index is 433. The Morgan fingerprint density at radius 3 is 2.76 bits per heavy atom. The zero-order chi connectivity index (χ0) is 12.4. The fourth-order valence-electron chi connectivity index (χ4n) is 2.16. The second-order valence-corrected chi connectivity index (χ2v) is 4.56. The molecule has 0 saturated carbocycles. The molecule has 0 N–H and O–H groups in total. The van der Waals surface area contributed by atoms with E-state index in [1.165, 1.54) is 6.07 Å². The fourth-order valence-corrected chi connectivity index (χ4v) is 2.16. The molecule has 0 bridgehead atoms. The predicted molar refractivity (Wildman–Crippen MR) is 60.5 cm³/mol. The van der Waals surface area contributed by atoms with Gasteiger partial charge in [-0.3, -0.25) is 9.69 Å². The van der Waals surface area contributed by atoms with Gasteiger partial charge < -0.3 is 0 Å². The first kappa shape index (κ1) is 12.2. The van der Waals surface area contributed by atoms with Gasteiger partial charge in [-0.1, -0.05) is 6.07 Å². The third-order valence-electron chi connectivity index (χ3n) is 3.19. The van der Waals surface area contributed by atoms with Crippen LogP contribution in [0.5, 0.6) is 0 Å². The van der Waals surface area contributed by atoms with Crippen LogP contribution < -0.4 is 0 Å². The number of Topliss-reactive ketones (excluding diaryl/α,β-unsaturated/α-hetero) is 1. The minimum Gasteiger partial charge on any atom is -0.300 e. The lowest BCUT2D eigenvalue weighted by Gasteiger charge is -2.32. The normalized spacial score (nSPS) is 21.8. The van der Waals surface area contributed by atoms with Crippen molar-refractivity contribution in [1.82, 2.24) is 4.90 Å². The first-order valence-corrected chi connectivity index (χ1v) is 5.76. The Hall–Kier alpha value is -1.29. The molecule has 2 nitrogen and oxygen atoms in total. The maximum Gasteiger partial charge on any atom is 0.159 e. The Balaban J connectivity index is 2.05. The molecule has 1 aromatic rings.